The molecule has 3 nitrogen and oxygen atoms in total. The number of halogens is 2. The first-order valence-electron chi connectivity index (χ1n) is 5.78. The Morgan fingerprint density at radius 3 is 2.30 bits per heavy atom. The Morgan fingerprint density at radius 1 is 1.05 bits per heavy atom. The van der Waals surface area contributed by atoms with E-state index in [2.05, 4.69) is 15.9 Å². The van der Waals surface area contributed by atoms with Crippen LogP contribution in [0.2, 0.25) is 0 Å². The van der Waals surface area contributed by atoms with Crippen LogP contribution in [0.3, 0.4) is 0 Å². The van der Waals surface area contributed by atoms with Crippen LogP contribution in [0.4, 0.5) is 4.39 Å². The lowest BCUT2D eigenvalue weighted by Crippen LogP contribution is -2.05. The molecule has 20 heavy (non-hydrogen) atoms. The lowest BCUT2D eigenvalue weighted by Gasteiger charge is -2.09. The smallest absolute Gasteiger partial charge is 0.196 e. The van der Waals surface area contributed by atoms with Crippen LogP contribution in [0.15, 0.2) is 40.9 Å². The molecular weight excluding hydrogens is 327 g/mol. The van der Waals surface area contributed by atoms with Crippen LogP contribution in [0.1, 0.15) is 15.9 Å². The summed E-state index contributed by atoms with van der Waals surface area (Å²) in [4.78, 5) is 12.4. The predicted molar refractivity (Wildman–Crippen MR) is 77.1 cm³/mol. The van der Waals surface area contributed by atoms with Gasteiger partial charge in [0, 0.05) is 10.0 Å². The zero-order valence-corrected chi connectivity index (χ0v) is 12.5. The molecule has 0 N–H and O–H groups in total. The van der Waals surface area contributed by atoms with Gasteiger partial charge in [0.2, 0.25) is 0 Å². The Hall–Kier alpha value is -1.88. The molecule has 0 fully saturated rings. The van der Waals surface area contributed by atoms with Crippen LogP contribution in [0.5, 0.6) is 11.5 Å². The molecule has 0 atom stereocenters. The number of carbonyl (C=O) groups excluding carboxylic acids is 1. The topological polar surface area (TPSA) is 35.5 Å². The minimum Gasteiger partial charge on any atom is -0.496 e. The molecule has 0 aromatic heterocycles. The highest BCUT2D eigenvalue weighted by Gasteiger charge is 2.16. The van der Waals surface area contributed by atoms with Crippen LogP contribution in [0.25, 0.3) is 0 Å². The lowest BCUT2D eigenvalue weighted by atomic mass is 10.0. The van der Waals surface area contributed by atoms with Gasteiger partial charge < -0.3 is 9.47 Å². The van der Waals surface area contributed by atoms with Crippen molar-refractivity contribution in [3.8, 4) is 11.5 Å². The van der Waals surface area contributed by atoms with Gasteiger partial charge >= 0.3 is 0 Å². The molecule has 104 valence electrons. The zero-order valence-electron chi connectivity index (χ0n) is 10.9. The van der Waals surface area contributed by atoms with E-state index in [0.29, 0.717) is 11.3 Å². The minimum atomic E-state index is -0.577. The molecule has 5 heteroatoms. The van der Waals surface area contributed by atoms with E-state index in [0.717, 1.165) is 10.5 Å². The molecule has 0 aliphatic carbocycles. The number of hydrogen-bond donors (Lipinski definition) is 0. The van der Waals surface area contributed by atoms with Gasteiger partial charge in [0.25, 0.3) is 0 Å². The summed E-state index contributed by atoms with van der Waals surface area (Å²) in [5.74, 6) is -0.353. The summed E-state index contributed by atoms with van der Waals surface area (Å²) in [6.07, 6.45) is 0. The molecule has 2 aromatic rings. The third-order valence-electron chi connectivity index (χ3n) is 2.82. The van der Waals surface area contributed by atoms with E-state index in [4.69, 9.17) is 9.47 Å². The van der Waals surface area contributed by atoms with Gasteiger partial charge in [-0.15, -0.1) is 0 Å². The number of hydrogen-bond acceptors (Lipinski definition) is 3. The Balaban J connectivity index is 2.46. The first-order chi connectivity index (χ1) is 9.56. The third kappa shape index (κ3) is 2.82. The Morgan fingerprint density at radius 2 is 1.70 bits per heavy atom. The largest absolute Gasteiger partial charge is 0.496 e. The molecule has 2 aromatic carbocycles. The molecule has 0 unspecified atom stereocenters. The predicted octanol–water partition coefficient (Wildman–Crippen LogP) is 3.84. The van der Waals surface area contributed by atoms with Gasteiger partial charge in [0.15, 0.2) is 17.3 Å². The van der Waals surface area contributed by atoms with Gasteiger partial charge in [-0.3, -0.25) is 4.79 Å². The van der Waals surface area contributed by atoms with E-state index in [1.807, 2.05) is 0 Å². The van der Waals surface area contributed by atoms with Crippen molar-refractivity contribution in [3.63, 3.8) is 0 Å². The van der Waals surface area contributed by atoms with E-state index in [-0.39, 0.29) is 17.1 Å². The fourth-order valence-corrected chi connectivity index (χ4v) is 2.18. The molecule has 0 heterocycles. The minimum absolute atomic E-state index is 0.0998. The Bertz CT molecular complexity index is 656. The lowest BCUT2D eigenvalue weighted by molar-refractivity contribution is 0.103. The summed E-state index contributed by atoms with van der Waals surface area (Å²) in [6, 6.07) is 9.18. The second kappa shape index (κ2) is 6.05. The summed E-state index contributed by atoms with van der Waals surface area (Å²) >= 11 is 3.30. The molecule has 0 bridgehead atoms. The van der Waals surface area contributed by atoms with Crippen molar-refractivity contribution in [2.75, 3.05) is 14.2 Å². The molecule has 0 aliphatic rings. The number of rotatable bonds is 4. The normalized spacial score (nSPS) is 10.2. The third-order valence-corrected chi connectivity index (χ3v) is 3.31. The highest BCUT2D eigenvalue weighted by Crippen LogP contribution is 2.27. The standard InChI is InChI=1S/C15H12BrFO3/c1-19-13-6-4-10(16)8-11(13)15(18)9-3-5-14(20-2)12(17)7-9/h3-8H,1-2H3. The molecule has 0 saturated carbocycles. The van der Waals surface area contributed by atoms with E-state index in [9.17, 15) is 9.18 Å². The number of benzene rings is 2. The van der Waals surface area contributed by atoms with Crippen molar-refractivity contribution in [1.29, 1.82) is 0 Å². The van der Waals surface area contributed by atoms with Gasteiger partial charge in [0.1, 0.15) is 5.75 Å². The SMILES string of the molecule is COc1ccc(C(=O)c2cc(Br)ccc2OC)cc1F. The average Bonchev–Trinajstić information content (AvgIpc) is 2.46. The number of ketones is 1. The monoisotopic (exact) mass is 338 g/mol. The Labute approximate surface area is 124 Å². The number of methoxy groups -OCH3 is 2. The summed E-state index contributed by atoms with van der Waals surface area (Å²) in [6.45, 7) is 0. The molecule has 0 aliphatic heterocycles. The maximum Gasteiger partial charge on any atom is 0.196 e. The molecular formula is C15H12BrFO3. The van der Waals surface area contributed by atoms with Crippen molar-refractivity contribution >= 4 is 21.7 Å². The quantitative estimate of drug-likeness (QED) is 0.794. The highest BCUT2D eigenvalue weighted by atomic mass is 79.9. The number of ether oxygens (including phenoxy) is 2. The highest BCUT2D eigenvalue weighted by molar-refractivity contribution is 9.10. The van der Waals surface area contributed by atoms with E-state index < -0.39 is 5.82 Å². The number of carbonyl (C=O) groups is 1. The second-order valence-electron chi connectivity index (χ2n) is 4.02. The van der Waals surface area contributed by atoms with E-state index in [1.165, 1.54) is 26.4 Å². The van der Waals surface area contributed by atoms with Gasteiger partial charge in [-0.25, -0.2) is 4.39 Å². The Kier molecular flexibility index (Phi) is 4.39. The molecule has 2 rings (SSSR count). The van der Waals surface area contributed by atoms with Crippen molar-refractivity contribution < 1.29 is 18.7 Å². The molecule has 0 amide bonds. The molecule has 0 saturated heterocycles. The summed E-state index contributed by atoms with van der Waals surface area (Å²) in [5, 5.41) is 0. The van der Waals surface area contributed by atoms with Crippen LogP contribution < -0.4 is 9.47 Å². The molecule has 0 radical (unpaired) electrons. The van der Waals surface area contributed by atoms with Crippen LogP contribution in [0, 0.1) is 5.82 Å². The van der Waals surface area contributed by atoms with Gasteiger partial charge in [-0.05, 0) is 36.4 Å². The van der Waals surface area contributed by atoms with Gasteiger partial charge in [-0.1, -0.05) is 15.9 Å². The van der Waals surface area contributed by atoms with Crippen molar-refractivity contribution in [2.45, 2.75) is 0 Å². The maximum absolute atomic E-state index is 13.7. The fraction of sp³-hybridized carbons (Fsp3) is 0.133. The van der Waals surface area contributed by atoms with Crippen LogP contribution in [-0.4, -0.2) is 20.0 Å². The summed E-state index contributed by atoms with van der Waals surface area (Å²) in [7, 11) is 2.85. The van der Waals surface area contributed by atoms with E-state index >= 15 is 0 Å². The summed E-state index contributed by atoms with van der Waals surface area (Å²) < 4.78 is 24.4. The summed E-state index contributed by atoms with van der Waals surface area (Å²) in [5.41, 5.74) is 0.603. The molecule has 0 spiro atoms. The van der Waals surface area contributed by atoms with Crippen LogP contribution >= 0.6 is 15.9 Å². The second-order valence-corrected chi connectivity index (χ2v) is 4.94. The van der Waals surface area contributed by atoms with E-state index in [1.54, 1.807) is 18.2 Å². The van der Waals surface area contributed by atoms with Gasteiger partial charge in [0.05, 0.1) is 19.8 Å². The first-order valence-corrected chi connectivity index (χ1v) is 6.58. The maximum atomic E-state index is 13.7. The van der Waals surface area contributed by atoms with Crippen LogP contribution in [-0.2, 0) is 0 Å². The first kappa shape index (κ1) is 14.5. The van der Waals surface area contributed by atoms with Crippen molar-refractivity contribution in [3.05, 3.63) is 57.8 Å². The van der Waals surface area contributed by atoms with Crippen molar-refractivity contribution in [1.82, 2.24) is 0 Å². The van der Waals surface area contributed by atoms with Gasteiger partial charge in [-0.2, -0.15) is 0 Å². The zero-order chi connectivity index (χ0) is 14.7. The average molecular weight is 339 g/mol. The fourth-order valence-electron chi connectivity index (χ4n) is 1.82. The van der Waals surface area contributed by atoms with Crippen molar-refractivity contribution in [2.24, 2.45) is 0 Å².